The van der Waals surface area contributed by atoms with Gasteiger partial charge in [-0.15, -0.1) is 0 Å². The molecule has 1 aliphatic rings. The van der Waals surface area contributed by atoms with E-state index in [4.69, 9.17) is 4.42 Å². The molecule has 4 heterocycles. The fourth-order valence-electron chi connectivity index (χ4n) is 5.26. The lowest BCUT2D eigenvalue weighted by atomic mass is 9.82. The molecular weight excluding hydrogens is 496 g/mol. The van der Waals surface area contributed by atoms with E-state index in [0.29, 0.717) is 5.69 Å². The predicted octanol–water partition coefficient (Wildman–Crippen LogP) is 3.62. The first kappa shape index (κ1) is 24.4. The van der Waals surface area contributed by atoms with E-state index in [9.17, 15) is 14.4 Å². The van der Waals surface area contributed by atoms with Crippen LogP contribution in [-0.4, -0.2) is 37.2 Å². The van der Waals surface area contributed by atoms with Crippen LogP contribution in [0.25, 0.3) is 16.6 Å². The van der Waals surface area contributed by atoms with Crippen molar-refractivity contribution in [3.63, 3.8) is 0 Å². The van der Waals surface area contributed by atoms with Crippen molar-refractivity contribution in [3.8, 4) is 5.69 Å². The number of benzene rings is 2. The maximum atomic E-state index is 14.0. The van der Waals surface area contributed by atoms with E-state index in [1.165, 1.54) is 23.2 Å². The van der Waals surface area contributed by atoms with Gasteiger partial charge in [-0.05, 0) is 43.7 Å². The lowest BCUT2D eigenvalue weighted by Crippen LogP contribution is -2.46. The molecule has 0 unspecified atom stereocenters. The van der Waals surface area contributed by atoms with Gasteiger partial charge in [-0.3, -0.25) is 14.4 Å². The van der Waals surface area contributed by atoms with Crippen LogP contribution in [0.2, 0.25) is 0 Å². The Kier molecular flexibility index (Phi) is 5.67. The highest BCUT2D eigenvalue weighted by molar-refractivity contribution is 6.04. The second-order valence-corrected chi connectivity index (χ2v) is 10.2. The van der Waals surface area contributed by atoms with E-state index in [2.05, 4.69) is 15.4 Å². The van der Waals surface area contributed by atoms with Crippen molar-refractivity contribution < 1.29 is 14.0 Å². The van der Waals surface area contributed by atoms with Crippen molar-refractivity contribution in [2.45, 2.75) is 25.9 Å². The molecule has 2 atom stereocenters. The molecule has 1 saturated heterocycles. The average Bonchev–Trinajstić information content (AvgIpc) is 3.66. The highest BCUT2D eigenvalue weighted by Crippen LogP contribution is 2.47. The number of oxazole rings is 1. The van der Waals surface area contributed by atoms with Gasteiger partial charge in [0, 0.05) is 30.4 Å². The van der Waals surface area contributed by atoms with Gasteiger partial charge >= 0.3 is 0 Å². The first-order valence-corrected chi connectivity index (χ1v) is 12.5. The summed E-state index contributed by atoms with van der Waals surface area (Å²) in [4.78, 5) is 44.5. The van der Waals surface area contributed by atoms with Gasteiger partial charge in [0.05, 0.1) is 41.1 Å². The Labute approximate surface area is 223 Å². The largest absolute Gasteiger partial charge is 0.438 e. The van der Waals surface area contributed by atoms with Gasteiger partial charge in [-0.25, -0.2) is 9.67 Å². The number of fused-ring (bicyclic) bond motifs is 1. The summed E-state index contributed by atoms with van der Waals surface area (Å²) < 4.78 is 8.46. The summed E-state index contributed by atoms with van der Waals surface area (Å²) in [5.74, 6) is -0.477. The Hall–Kier alpha value is -4.99. The number of rotatable bonds is 5. The molecule has 2 amide bonds. The van der Waals surface area contributed by atoms with Gasteiger partial charge in [-0.2, -0.15) is 5.10 Å². The minimum Gasteiger partial charge on any atom is -0.438 e. The number of aryl methyl sites for hydroxylation is 1. The van der Waals surface area contributed by atoms with E-state index in [1.807, 2.05) is 62.4 Å². The number of carbonyl (C=O) groups excluding carboxylic acids is 2. The molecule has 196 valence electrons. The number of pyridine rings is 1. The number of hydrogen-bond donors (Lipinski definition) is 1. The summed E-state index contributed by atoms with van der Waals surface area (Å²) in [6, 6.07) is 17.6. The molecule has 0 spiro atoms. The average molecular weight is 523 g/mol. The molecular formula is C29H26N6O4. The van der Waals surface area contributed by atoms with Crippen LogP contribution in [0.1, 0.15) is 36.0 Å². The van der Waals surface area contributed by atoms with Gasteiger partial charge < -0.3 is 19.2 Å². The van der Waals surface area contributed by atoms with Crippen molar-refractivity contribution in [1.29, 1.82) is 0 Å². The van der Waals surface area contributed by atoms with Crippen LogP contribution in [0.3, 0.4) is 0 Å². The summed E-state index contributed by atoms with van der Waals surface area (Å²) in [6.45, 7) is 3.68. The number of anilines is 1. The van der Waals surface area contributed by atoms with Gasteiger partial charge in [-0.1, -0.05) is 30.3 Å². The van der Waals surface area contributed by atoms with Crippen LogP contribution in [0, 0.1) is 5.41 Å². The minimum atomic E-state index is -0.926. The fraction of sp³-hybridized carbons (Fsp3) is 0.207. The fourth-order valence-corrected chi connectivity index (χ4v) is 5.26. The van der Waals surface area contributed by atoms with E-state index >= 15 is 0 Å². The van der Waals surface area contributed by atoms with Crippen molar-refractivity contribution >= 4 is 28.4 Å². The number of amides is 2. The molecule has 1 fully saturated rings. The molecule has 0 aliphatic carbocycles. The zero-order valence-corrected chi connectivity index (χ0v) is 21.6. The number of carbonyl (C=O) groups is 2. The highest BCUT2D eigenvalue weighted by atomic mass is 16.3. The molecule has 1 N–H and O–H groups in total. The van der Waals surface area contributed by atoms with Crippen molar-refractivity contribution in [3.05, 3.63) is 107 Å². The number of aromatic nitrogens is 4. The molecule has 10 heteroatoms. The third kappa shape index (κ3) is 4.01. The van der Waals surface area contributed by atoms with Crippen molar-refractivity contribution in [2.24, 2.45) is 12.5 Å². The van der Waals surface area contributed by atoms with E-state index in [-0.39, 0.29) is 17.2 Å². The Morgan fingerprint density at radius 3 is 2.49 bits per heavy atom. The summed E-state index contributed by atoms with van der Waals surface area (Å²) >= 11 is 0. The molecule has 0 saturated carbocycles. The first-order chi connectivity index (χ1) is 18.8. The maximum absolute atomic E-state index is 14.0. The highest BCUT2D eigenvalue weighted by Gasteiger charge is 2.55. The van der Waals surface area contributed by atoms with Crippen LogP contribution < -0.4 is 15.8 Å². The Balaban J connectivity index is 1.44. The molecule has 39 heavy (non-hydrogen) atoms. The summed E-state index contributed by atoms with van der Waals surface area (Å²) in [7, 11) is 1.69. The predicted molar refractivity (Wildman–Crippen MR) is 145 cm³/mol. The second-order valence-electron chi connectivity index (χ2n) is 10.2. The molecule has 3 aromatic heterocycles. The second kappa shape index (κ2) is 9.09. The van der Waals surface area contributed by atoms with E-state index < -0.39 is 23.4 Å². The topological polar surface area (TPSA) is 115 Å². The van der Waals surface area contributed by atoms with Crippen molar-refractivity contribution in [1.82, 2.24) is 24.6 Å². The standard InChI is InChI=1S/C29H26N6O4/c1-29(2)26(32-27(37)23-15-30-17-39-23)25(18-7-5-4-6-8-18)34(28(29)38)20-9-11-22-19(13-20)14-31-35(22)21-10-12-24(36)33(3)16-21/h4-17,25-26H,1-3H3,(H,32,37)/t25-,26-/m1/s1. The molecule has 1 aliphatic heterocycles. The normalized spacial score (nSPS) is 18.5. The Morgan fingerprint density at radius 2 is 1.77 bits per heavy atom. The molecule has 5 aromatic rings. The van der Waals surface area contributed by atoms with Crippen LogP contribution in [0.5, 0.6) is 0 Å². The molecule has 6 rings (SSSR count). The number of hydrogen-bond acceptors (Lipinski definition) is 6. The molecule has 2 aromatic carbocycles. The van der Waals surface area contributed by atoms with Gasteiger partial charge in [0.15, 0.2) is 6.39 Å². The monoisotopic (exact) mass is 522 g/mol. The minimum absolute atomic E-state index is 0.0794. The third-order valence-electron chi connectivity index (χ3n) is 7.37. The lowest BCUT2D eigenvalue weighted by Gasteiger charge is -2.30. The van der Waals surface area contributed by atoms with Crippen LogP contribution in [0.4, 0.5) is 5.69 Å². The summed E-state index contributed by atoms with van der Waals surface area (Å²) in [5, 5.41) is 8.41. The van der Waals surface area contributed by atoms with E-state index in [1.54, 1.807) is 35.1 Å². The quantitative estimate of drug-likeness (QED) is 0.377. The number of nitrogens with zero attached hydrogens (tertiary/aromatic N) is 5. The van der Waals surface area contributed by atoms with Crippen molar-refractivity contribution in [2.75, 3.05) is 4.90 Å². The smallest absolute Gasteiger partial charge is 0.289 e. The van der Waals surface area contributed by atoms with Gasteiger partial charge in [0.25, 0.3) is 5.91 Å². The Bertz CT molecular complexity index is 1750. The van der Waals surface area contributed by atoms with E-state index in [0.717, 1.165) is 22.2 Å². The SMILES string of the molecule is Cn1cc(-n2ncc3cc(N4C(=O)C(C)(C)[C@H](NC(=O)c5cnco5)[C@H]4c4ccccc4)ccc32)ccc1=O. The molecule has 0 bridgehead atoms. The van der Waals surface area contributed by atoms with Gasteiger partial charge in [0.1, 0.15) is 0 Å². The van der Waals surface area contributed by atoms with Crippen LogP contribution >= 0.6 is 0 Å². The van der Waals surface area contributed by atoms with Crippen LogP contribution in [-0.2, 0) is 11.8 Å². The molecule has 10 nitrogen and oxygen atoms in total. The van der Waals surface area contributed by atoms with Gasteiger partial charge in [0.2, 0.25) is 17.2 Å². The zero-order valence-electron chi connectivity index (χ0n) is 21.6. The maximum Gasteiger partial charge on any atom is 0.289 e. The third-order valence-corrected chi connectivity index (χ3v) is 7.37. The zero-order chi connectivity index (χ0) is 27.3. The Morgan fingerprint density at radius 1 is 1.00 bits per heavy atom. The number of nitrogens with one attached hydrogen (secondary N) is 1. The molecule has 0 radical (unpaired) electrons. The summed E-state index contributed by atoms with van der Waals surface area (Å²) in [5.41, 5.74) is 2.12. The lowest BCUT2D eigenvalue weighted by molar-refractivity contribution is -0.124. The first-order valence-electron chi connectivity index (χ1n) is 12.5. The van der Waals surface area contributed by atoms with Crippen LogP contribution in [0.15, 0.2) is 94.9 Å². The summed E-state index contributed by atoms with van der Waals surface area (Å²) in [6.07, 6.45) is 6.01.